The van der Waals surface area contributed by atoms with Crippen molar-refractivity contribution in [3.05, 3.63) is 35.4 Å². The Bertz CT molecular complexity index is 440. The molecule has 1 aromatic rings. The molecule has 0 aliphatic carbocycles. The summed E-state index contributed by atoms with van der Waals surface area (Å²) in [4.78, 5) is 0. The SMILES string of the molecule is CCCS(=O)(=O)CCNCc1ccccc1C. The third-order valence-corrected chi connectivity index (χ3v) is 4.54. The highest BCUT2D eigenvalue weighted by Crippen LogP contribution is 2.05. The Labute approximate surface area is 104 Å². The minimum absolute atomic E-state index is 0.229. The zero-order chi connectivity index (χ0) is 12.7. The van der Waals surface area contributed by atoms with Crippen LogP contribution < -0.4 is 5.32 Å². The molecule has 0 unspecified atom stereocenters. The average molecular weight is 255 g/mol. The Morgan fingerprint density at radius 3 is 2.53 bits per heavy atom. The summed E-state index contributed by atoms with van der Waals surface area (Å²) < 4.78 is 22.9. The molecule has 3 nitrogen and oxygen atoms in total. The second-order valence-electron chi connectivity index (χ2n) is 4.26. The monoisotopic (exact) mass is 255 g/mol. The second-order valence-corrected chi connectivity index (χ2v) is 6.56. The van der Waals surface area contributed by atoms with Gasteiger partial charge in [0.25, 0.3) is 0 Å². The molecule has 0 saturated heterocycles. The maximum atomic E-state index is 11.5. The van der Waals surface area contributed by atoms with E-state index in [1.54, 1.807) is 0 Å². The van der Waals surface area contributed by atoms with Crippen molar-refractivity contribution in [2.45, 2.75) is 26.8 Å². The van der Waals surface area contributed by atoms with Crippen LogP contribution in [0.2, 0.25) is 0 Å². The maximum Gasteiger partial charge on any atom is 0.151 e. The summed E-state index contributed by atoms with van der Waals surface area (Å²) in [5.74, 6) is 0.520. The lowest BCUT2D eigenvalue weighted by Gasteiger charge is -2.07. The molecular formula is C13H21NO2S. The molecule has 1 N–H and O–H groups in total. The van der Waals surface area contributed by atoms with E-state index >= 15 is 0 Å². The van der Waals surface area contributed by atoms with Gasteiger partial charge in [0.15, 0.2) is 9.84 Å². The highest BCUT2D eigenvalue weighted by atomic mass is 32.2. The minimum atomic E-state index is -2.86. The molecule has 17 heavy (non-hydrogen) atoms. The molecular weight excluding hydrogens is 234 g/mol. The van der Waals surface area contributed by atoms with Crippen molar-refractivity contribution in [2.75, 3.05) is 18.1 Å². The Morgan fingerprint density at radius 2 is 1.88 bits per heavy atom. The van der Waals surface area contributed by atoms with Gasteiger partial charge in [-0.05, 0) is 24.5 Å². The number of aryl methyl sites for hydroxylation is 1. The van der Waals surface area contributed by atoms with E-state index in [-0.39, 0.29) is 5.75 Å². The Balaban J connectivity index is 2.32. The summed E-state index contributed by atoms with van der Waals surface area (Å²) in [7, 11) is -2.86. The van der Waals surface area contributed by atoms with E-state index in [4.69, 9.17) is 0 Å². The van der Waals surface area contributed by atoms with Crippen LogP contribution in [0.15, 0.2) is 24.3 Å². The van der Waals surface area contributed by atoms with Gasteiger partial charge in [-0.2, -0.15) is 0 Å². The first-order valence-electron chi connectivity index (χ1n) is 6.01. The number of hydrogen-bond acceptors (Lipinski definition) is 3. The lowest BCUT2D eigenvalue weighted by atomic mass is 10.1. The summed E-state index contributed by atoms with van der Waals surface area (Å²) in [5.41, 5.74) is 2.46. The van der Waals surface area contributed by atoms with E-state index < -0.39 is 9.84 Å². The van der Waals surface area contributed by atoms with E-state index in [0.717, 1.165) is 6.54 Å². The van der Waals surface area contributed by atoms with E-state index in [1.165, 1.54) is 11.1 Å². The standard InChI is InChI=1S/C13H21NO2S/c1-3-9-17(15,16)10-8-14-11-13-7-5-4-6-12(13)2/h4-7,14H,3,8-11H2,1-2H3. The van der Waals surface area contributed by atoms with Gasteiger partial charge in [-0.1, -0.05) is 31.2 Å². The largest absolute Gasteiger partial charge is 0.312 e. The van der Waals surface area contributed by atoms with Crippen LogP contribution >= 0.6 is 0 Å². The van der Waals surface area contributed by atoms with E-state index in [0.29, 0.717) is 18.7 Å². The topological polar surface area (TPSA) is 46.2 Å². The molecule has 0 bridgehead atoms. The first-order chi connectivity index (χ1) is 8.05. The van der Waals surface area contributed by atoms with Crippen LogP contribution in [-0.2, 0) is 16.4 Å². The summed E-state index contributed by atoms with van der Waals surface area (Å²) in [5, 5.41) is 3.18. The van der Waals surface area contributed by atoms with E-state index in [2.05, 4.69) is 24.4 Å². The molecule has 0 radical (unpaired) electrons. The van der Waals surface area contributed by atoms with Crippen molar-refractivity contribution in [3.63, 3.8) is 0 Å². The Kier molecular flexibility index (Phi) is 5.65. The summed E-state index contributed by atoms with van der Waals surface area (Å²) in [6.45, 7) is 5.20. The van der Waals surface area contributed by atoms with Crippen molar-refractivity contribution in [1.29, 1.82) is 0 Å². The van der Waals surface area contributed by atoms with Crippen molar-refractivity contribution < 1.29 is 8.42 Å². The quantitative estimate of drug-likeness (QED) is 0.757. The van der Waals surface area contributed by atoms with Crippen molar-refractivity contribution >= 4 is 9.84 Å². The van der Waals surface area contributed by atoms with Gasteiger partial charge in [0.2, 0.25) is 0 Å². The molecule has 4 heteroatoms. The van der Waals surface area contributed by atoms with Gasteiger partial charge in [-0.3, -0.25) is 0 Å². The first-order valence-corrected chi connectivity index (χ1v) is 7.83. The molecule has 0 atom stereocenters. The number of sulfone groups is 1. The molecule has 0 saturated carbocycles. The lowest BCUT2D eigenvalue weighted by Crippen LogP contribution is -2.24. The average Bonchev–Trinajstić information content (AvgIpc) is 2.26. The molecule has 0 aliphatic heterocycles. The third-order valence-electron chi connectivity index (χ3n) is 2.68. The summed E-state index contributed by atoms with van der Waals surface area (Å²) in [6.07, 6.45) is 0.695. The van der Waals surface area contributed by atoms with Crippen LogP contribution in [0.25, 0.3) is 0 Å². The summed E-state index contributed by atoms with van der Waals surface area (Å²) in [6, 6.07) is 8.12. The van der Waals surface area contributed by atoms with Crippen LogP contribution in [0.3, 0.4) is 0 Å². The molecule has 0 aromatic heterocycles. The van der Waals surface area contributed by atoms with Crippen LogP contribution in [-0.4, -0.2) is 26.5 Å². The molecule has 0 fully saturated rings. The predicted octanol–water partition coefficient (Wildman–Crippen LogP) is 1.91. The summed E-state index contributed by atoms with van der Waals surface area (Å²) >= 11 is 0. The molecule has 0 spiro atoms. The van der Waals surface area contributed by atoms with Crippen LogP contribution in [0.1, 0.15) is 24.5 Å². The first kappa shape index (κ1) is 14.2. The zero-order valence-corrected chi connectivity index (χ0v) is 11.4. The number of nitrogens with one attached hydrogen (secondary N) is 1. The van der Waals surface area contributed by atoms with Crippen molar-refractivity contribution in [1.82, 2.24) is 5.32 Å². The fourth-order valence-corrected chi connectivity index (χ4v) is 2.95. The number of rotatable bonds is 7. The van der Waals surface area contributed by atoms with Crippen molar-refractivity contribution in [3.8, 4) is 0 Å². The number of benzene rings is 1. The van der Waals surface area contributed by atoms with Gasteiger partial charge in [-0.15, -0.1) is 0 Å². The van der Waals surface area contributed by atoms with Gasteiger partial charge < -0.3 is 5.32 Å². The molecule has 0 amide bonds. The van der Waals surface area contributed by atoms with Gasteiger partial charge in [0, 0.05) is 18.8 Å². The maximum absolute atomic E-state index is 11.5. The smallest absolute Gasteiger partial charge is 0.151 e. The molecule has 1 aromatic carbocycles. The highest BCUT2D eigenvalue weighted by Gasteiger charge is 2.08. The van der Waals surface area contributed by atoms with Crippen LogP contribution in [0.5, 0.6) is 0 Å². The normalized spacial score (nSPS) is 11.6. The van der Waals surface area contributed by atoms with Crippen LogP contribution in [0.4, 0.5) is 0 Å². The molecule has 0 heterocycles. The van der Waals surface area contributed by atoms with Crippen molar-refractivity contribution in [2.24, 2.45) is 0 Å². The van der Waals surface area contributed by atoms with Gasteiger partial charge in [0.05, 0.1) is 5.75 Å². The van der Waals surface area contributed by atoms with Gasteiger partial charge in [-0.25, -0.2) is 8.42 Å². The van der Waals surface area contributed by atoms with Gasteiger partial charge >= 0.3 is 0 Å². The molecule has 1 rings (SSSR count). The zero-order valence-electron chi connectivity index (χ0n) is 10.6. The van der Waals surface area contributed by atoms with E-state index in [9.17, 15) is 8.42 Å². The lowest BCUT2D eigenvalue weighted by molar-refractivity contribution is 0.589. The van der Waals surface area contributed by atoms with E-state index in [1.807, 2.05) is 19.1 Å². The fraction of sp³-hybridized carbons (Fsp3) is 0.538. The van der Waals surface area contributed by atoms with Crippen LogP contribution in [0, 0.1) is 6.92 Å². The Hall–Kier alpha value is -0.870. The van der Waals surface area contributed by atoms with Gasteiger partial charge in [0.1, 0.15) is 0 Å². The Morgan fingerprint density at radius 1 is 1.18 bits per heavy atom. The number of hydrogen-bond donors (Lipinski definition) is 1. The third kappa shape index (κ3) is 5.33. The molecule has 96 valence electrons. The molecule has 0 aliphatic rings. The fourth-order valence-electron chi connectivity index (χ4n) is 1.67. The predicted molar refractivity (Wildman–Crippen MR) is 71.8 cm³/mol. The minimum Gasteiger partial charge on any atom is -0.312 e. The highest BCUT2D eigenvalue weighted by molar-refractivity contribution is 7.91. The second kappa shape index (κ2) is 6.77.